The number of nitrogens with zero attached hydrogens (tertiary/aromatic N) is 2. The van der Waals surface area contributed by atoms with Crippen molar-refractivity contribution in [2.24, 2.45) is 10.9 Å². The molecule has 0 radical (unpaired) electrons. The predicted molar refractivity (Wildman–Crippen MR) is 111 cm³/mol. The fourth-order valence-electron chi connectivity index (χ4n) is 3.65. The van der Waals surface area contributed by atoms with E-state index in [4.69, 9.17) is 9.47 Å². The van der Waals surface area contributed by atoms with Gasteiger partial charge < -0.3 is 25.0 Å². The highest BCUT2D eigenvalue weighted by Crippen LogP contribution is 2.19. The predicted octanol–water partition coefficient (Wildman–Crippen LogP) is 2.26. The normalized spacial score (nSPS) is 21.4. The summed E-state index contributed by atoms with van der Waals surface area (Å²) in [5.74, 6) is 1.49. The molecule has 150 valence electrons. The molecule has 3 rings (SSSR count). The average Bonchev–Trinajstić information content (AvgIpc) is 3.24. The molecule has 2 aliphatic heterocycles. The first kappa shape index (κ1) is 20.0. The smallest absolute Gasteiger partial charge is 0.191 e. The summed E-state index contributed by atoms with van der Waals surface area (Å²) < 4.78 is 11.1. The molecule has 2 fully saturated rings. The summed E-state index contributed by atoms with van der Waals surface area (Å²) in [4.78, 5) is 6.82. The number of hydrogen-bond donors (Lipinski definition) is 2. The Balaban J connectivity index is 1.27. The Hall–Kier alpha value is -1.79. The Labute approximate surface area is 163 Å². The number of rotatable bonds is 8. The molecule has 0 bridgehead atoms. The van der Waals surface area contributed by atoms with Gasteiger partial charge in [-0.1, -0.05) is 18.2 Å². The summed E-state index contributed by atoms with van der Waals surface area (Å²) in [5.41, 5.74) is 1.32. The number of aliphatic imine (C=N–C) groups is 1. The SMILES string of the molecule is CN=C(NCCCOCC1CCOC1)NC1CCN(c2ccccc2)CC1. The topological polar surface area (TPSA) is 58.1 Å². The van der Waals surface area contributed by atoms with Crippen molar-refractivity contribution in [3.05, 3.63) is 30.3 Å². The fourth-order valence-corrected chi connectivity index (χ4v) is 3.65. The van der Waals surface area contributed by atoms with Gasteiger partial charge in [-0.3, -0.25) is 4.99 Å². The van der Waals surface area contributed by atoms with E-state index in [0.29, 0.717) is 12.0 Å². The van der Waals surface area contributed by atoms with Gasteiger partial charge in [-0.25, -0.2) is 0 Å². The van der Waals surface area contributed by atoms with E-state index in [1.807, 2.05) is 7.05 Å². The van der Waals surface area contributed by atoms with Crippen LogP contribution in [0.2, 0.25) is 0 Å². The number of anilines is 1. The van der Waals surface area contributed by atoms with Gasteiger partial charge in [0.2, 0.25) is 0 Å². The van der Waals surface area contributed by atoms with E-state index in [0.717, 1.165) is 77.7 Å². The highest BCUT2D eigenvalue weighted by atomic mass is 16.5. The number of para-hydroxylation sites is 1. The molecule has 6 heteroatoms. The molecule has 27 heavy (non-hydrogen) atoms. The summed E-state index contributed by atoms with van der Waals surface area (Å²) in [6.45, 7) is 6.40. The monoisotopic (exact) mass is 374 g/mol. The third-order valence-electron chi connectivity index (χ3n) is 5.32. The minimum Gasteiger partial charge on any atom is -0.381 e. The van der Waals surface area contributed by atoms with E-state index >= 15 is 0 Å². The Morgan fingerprint density at radius 2 is 2.04 bits per heavy atom. The van der Waals surface area contributed by atoms with Crippen LogP contribution in [0, 0.1) is 5.92 Å². The van der Waals surface area contributed by atoms with Crippen molar-refractivity contribution < 1.29 is 9.47 Å². The molecular formula is C21H34N4O2. The summed E-state index contributed by atoms with van der Waals surface area (Å²) in [6.07, 6.45) is 4.38. The third kappa shape index (κ3) is 6.70. The lowest BCUT2D eigenvalue weighted by Gasteiger charge is -2.34. The van der Waals surface area contributed by atoms with Crippen molar-refractivity contribution in [2.45, 2.75) is 31.7 Å². The summed E-state index contributed by atoms with van der Waals surface area (Å²) >= 11 is 0. The van der Waals surface area contributed by atoms with E-state index in [1.54, 1.807) is 0 Å². The highest BCUT2D eigenvalue weighted by molar-refractivity contribution is 5.79. The van der Waals surface area contributed by atoms with Crippen LogP contribution in [0.3, 0.4) is 0 Å². The van der Waals surface area contributed by atoms with E-state index in [2.05, 4.69) is 50.9 Å². The van der Waals surface area contributed by atoms with Crippen LogP contribution in [-0.4, -0.2) is 65.1 Å². The third-order valence-corrected chi connectivity index (χ3v) is 5.32. The highest BCUT2D eigenvalue weighted by Gasteiger charge is 2.20. The maximum atomic E-state index is 5.75. The molecule has 2 aliphatic rings. The molecule has 2 N–H and O–H groups in total. The van der Waals surface area contributed by atoms with E-state index in [1.165, 1.54) is 5.69 Å². The summed E-state index contributed by atoms with van der Waals surface area (Å²) in [6, 6.07) is 11.1. The minimum absolute atomic E-state index is 0.481. The second-order valence-electron chi connectivity index (χ2n) is 7.40. The molecule has 1 atom stereocenters. The maximum Gasteiger partial charge on any atom is 0.191 e. The van der Waals surface area contributed by atoms with Gasteiger partial charge in [0.15, 0.2) is 5.96 Å². The molecular weight excluding hydrogens is 340 g/mol. The molecule has 2 saturated heterocycles. The Morgan fingerprint density at radius 1 is 1.22 bits per heavy atom. The number of ether oxygens (including phenoxy) is 2. The number of hydrogen-bond acceptors (Lipinski definition) is 4. The van der Waals surface area contributed by atoms with Crippen LogP contribution in [-0.2, 0) is 9.47 Å². The summed E-state index contributed by atoms with van der Waals surface area (Å²) in [7, 11) is 1.84. The second kappa shape index (κ2) is 11.1. The first-order chi connectivity index (χ1) is 13.3. The standard InChI is InChI=1S/C21H34N4O2/c1-22-21(23-11-5-14-26-16-18-10-15-27-17-18)24-19-8-12-25(13-9-19)20-6-3-2-4-7-20/h2-4,6-7,18-19H,5,8-17H2,1H3,(H2,22,23,24). The largest absolute Gasteiger partial charge is 0.381 e. The van der Waals surface area contributed by atoms with Gasteiger partial charge in [0, 0.05) is 57.5 Å². The number of piperidine rings is 1. The van der Waals surface area contributed by atoms with E-state index in [-0.39, 0.29) is 0 Å². The first-order valence-electron chi connectivity index (χ1n) is 10.3. The molecule has 0 amide bonds. The van der Waals surface area contributed by atoms with Gasteiger partial charge >= 0.3 is 0 Å². The number of guanidine groups is 1. The van der Waals surface area contributed by atoms with Gasteiger partial charge in [0.1, 0.15) is 0 Å². The summed E-state index contributed by atoms with van der Waals surface area (Å²) in [5, 5.41) is 6.98. The van der Waals surface area contributed by atoms with Crippen LogP contribution in [0.4, 0.5) is 5.69 Å². The van der Waals surface area contributed by atoms with Crippen molar-refractivity contribution in [3.8, 4) is 0 Å². The Kier molecular flexibility index (Phi) is 8.24. The first-order valence-corrected chi connectivity index (χ1v) is 10.3. The van der Waals surface area contributed by atoms with Crippen LogP contribution in [0.1, 0.15) is 25.7 Å². The number of benzene rings is 1. The van der Waals surface area contributed by atoms with Crippen molar-refractivity contribution in [3.63, 3.8) is 0 Å². The lowest BCUT2D eigenvalue weighted by Crippen LogP contribution is -2.49. The van der Waals surface area contributed by atoms with Gasteiger partial charge in [-0.15, -0.1) is 0 Å². The molecule has 0 aliphatic carbocycles. The molecule has 1 aromatic rings. The van der Waals surface area contributed by atoms with Crippen LogP contribution in [0.5, 0.6) is 0 Å². The molecule has 0 spiro atoms. The molecule has 2 heterocycles. The molecule has 6 nitrogen and oxygen atoms in total. The van der Waals surface area contributed by atoms with Crippen molar-refractivity contribution in [2.75, 3.05) is 58.0 Å². The molecule has 1 unspecified atom stereocenters. The zero-order valence-electron chi connectivity index (χ0n) is 16.5. The maximum absolute atomic E-state index is 5.75. The van der Waals surface area contributed by atoms with Gasteiger partial charge in [-0.05, 0) is 37.8 Å². The van der Waals surface area contributed by atoms with Crippen molar-refractivity contribution >= 4 is 11.6 Å². The van der Waals surface area contributed by atoms with Gasteiger partial charge in [-0.2, -0.15) is 0 Å². The van der Waals surface area contributed by atoms with E-state index < -0.39 is 0 Å². The minimum atomic E-state index is 0.481. The molecule has 0 saturated carbocycles. The second-order valence-corrected chi connectivity index (χ2v) is 7.40. The van der Waals surface area contributed by atoms with Crippen LogP contribution >= 0.6 is 0 Å². The fraction of sp³-hybridized carbons (Fsp3) is 0.667. The Morgan fingerprint density at radius 3 is 2.74 bits per heavy atom. The van der Waals surface area contributed by atoms with Crippen molar-refractivity contribution in [1.29, 1.82) is 0 Å². The van der Waals surface area contributed by atoms with Gasteiger partial charge in [0.05, 0.1) is 13.2 Å². The molecule has 1 aromatic carbocycles. The lowest BCUT2D eigenvalue weighted by atomic mass is 10.0. The van der Waals surface area contributed by atoms with Crippen molar-refractivity contribution in [1.82, 2.24) is 10.6 Å². The Bertz CT molecular complexity index is 553. The van der Waals surface area contributed by atoms with Crippen LogP contribution in [0.15, 0.2) is 35.3 Å². The van der Waals surface area contributed by atoms with Crippen LogP contribution < -0.4 is 15.5 Å². The molecule has 0 aromatic heterocycles. The zero-order valence-corrected chi connectivity index (χ0v) is 16.5. The van der Waals surface area contributed by atoms with Crippen LogP contribution in [0.25, 0.3) is 0 Å². The number of nitrogens with one attached hydrogen (secondary N) is 2. The quantitative estimate of drug-likeness (QED) is 0.415. The van der Waals surface area contributed by atoms with E-state index in [9.17, 15) is 0 Å². The van der Waals surface area contributed by atoms with Gasteiger partial charge in [0.25, 0.3) is 0 Å². The lowest BCUT2D eigenvalue weighted by molar-refractivity contribution is 0.0888. The zero-order chi connectivity index (χ0) is 18.7. The average molecular weight is 375 g/mol.